The molecule has 1 aromatic heterocycles. The van der Waals surface area contributed by atoms with Gasteiger partial charge in [0.25, 0.3) is 5.91 Å². The Labute approximate surface area is 111 Å². The van der Waals surface area contributed by atoms with Crippen LogP contribution in [0.5, 0.6) is 0 Å². The van der Waals surface area contributed by atoms with E-state index in [0.717, 1.165) is 0 Å². The number of rotatable bonds is 7. The van der Waals surface area contributed by atoms with Crippen LogP contribution in [0.4, 0.5) is 0 Å². The minimum absolute atomic E-state index is 0.104. The van der Waals surface area contributed by atoms with Crippen LogP contribution in [-0.2, 0) is 16.1 Å². The minimum atomic E-state index is -0.946. The molecule has 1 N–H and O–H groups in total. The van der Waals surface area contributed by atoms with Crippen molar-refractivity contribution in [2.24, 2.45) is 0 Å². The summed E-state index contributed by atoms with van der Waals surface area (Å²) in [5.41, 5.74) is 0.158. The van der Waals surface area contributed by atoms with E-state index >= 15 is 0 Å². The molecule has 1 heterocycles. The van der Waals surface area contributed by atoms with Gasteiger partial charge in [-0.2, -0.15) is 0 Å². The van der Waals surface area contributed by atoms with Crippen molar-refractivity contribution < 1.29 is 24.0 Å². The summed E-state index contributed by atoms with van der Waals surface area (Å²) < 4.78 is 9.81. The largest absolute Gasteiger partial charge is 0.481 e. The summed E-state index contributed by atoms with van der Waals surface area (Å²) in [4.78, 5) is 24.2. The highest BCUT2D eigenvalue weighted by Gasteiger charge is 2.22. The average Bonchev–Trinajstić information content (AvgIpc) is 2.77. The van der Waals surface area contributed by atoms with E-state index in [1.807, 2.05) is 13.8 Å². The lowest BCUT2D eigenvalue weighted by Gasteiger charge is -2.24. The van der Waals surface area contributed by atoms with Gasteiger partial charge >= 0.3 is 5.97 Å². The van der Waals surface area contributed by atoms with Gasteiger partial charge in [-0.25, -0.2) is 0 Å². The fraction of sp³-hybridized carbons (Fsp3) is 0.583. The van der Waals surface area contributed by atoms with Gasteiger partial charge in [-0.05, 0) is 13.8 Å². The normalized spacial score (nSPS) is 10.7. The molecule has 0 radical (unpaired) electrons. The monoisotopic (exact) mass is 270 g/mol. The number of carboxylic acid groups (broad SMARTS) is 1. The third kappa shape index (κ3) is 4.36. The number of carbonyl (C=O) groups excluding carboxylic acids is 1. The van der Waals surface area contributed by atoms with E-state index in [1.165, 1.54) is 18.1 Å². The highest BCUT2D eigenvalue weighted by Crippen LogP contribution is 2.11. The van der Waals surface area contributed by atoms with Gasteiger partial charge in [0.2, 0.25) is 0 Å². The van der Waals surface area contributed by atoms with Gasteiger partial charge < -0.3 is 19.3 Å². The zero-order valence-electron chi connectivity index (χ0n) is 11.3. The Balaban J connectivity index is 2.77. The van der Waals surface area contributed by atoms with E-state index in [0.29, 0.717) is 5.76 Å². The van der Waals surface area contributed by atoms with Crippen LogP contribution in [0.2, 0.25) is 0 Å². The maximum Gasteiger partial charge on any atom is 0.305 e. The Hall–Kier alpha value is -1.89. The van der Waals surface area contributed by atoms with Crippen LogP contribution in [0.3, 0.4) is 0 Å². The van der Waals surface area contributed by atoms with Crippen LogP contribution in [0, 0.1) is 0 Å². The van der Waals surface area contributed by atoms with E-state index < -0.39 is 5.97 Å². The third-order valence-corrected chi connectivity index (χ3v) is 2.52. The number of amides is 1. The lowest BCUT2D eigenvalue weighted by Crippen LogP contribution is -2.38. The Morgan fingerprint density at radius 2 is 2.21 bits per heavy atom. The van der Waals surface area contributed by atoms with Gasteiger partial charge in [0.05, 0.1) is 6.42 Å². The summed E-state index contributed by atoms with van der Waals surface area (Å²) in [6.07, 6.45) is -0.104. The predicted octanol–water partition coefficient (Wildman–Crippen LogP) is 1.15. The van der Waals surface area contributed by atoms with Crippen LogP contribution in [0.15, 0.2) is 10.6 Å². The standard InChI is InChI=1S/C12H18N2O5/c1-8(2)14(5-4-11(15)16)12(17)10-6-9(7-18-3)19-13-10/h6,8H,4-5,7H2,1-3H3,(H,15,16). The molecule has 1 rings (SSSR count). The molecule has 0 saturated carbocycles. The van der Waals surface area contributed by atoms with E-state index in [4.69, 9.17) is 14.4 Å². The molecule has 0 unspecified atom stereocenters. The van der Waals surface area contributed by atoms with Gasteiger partial charge in [0.15, 0.2) is 11.5 Å². The van der Waals surface area contributed by atoms with Crippen molar-refractivity contribution in [3.05, 3.63) is 17.5 Å². The molecule has 1 amide bonds. The van der Waals surface area contributed by atoms with Crippen molar-refractivity contribution in [2.45, 2.75) is 32.9 Å². The van der Waals surface area contributed by atoms with Gasteiger partial charge in [-0.3, -0.25) is 9.59 Å². The molecule has 0 saturated heterocycles. The quantitative estimate of drug-likeness (QED) is 0.798. The number of ether oxygens (including phenoxy) is 1. The van der Waals surface area contributed by atoms with Crippen LogP contribution in [0.25, 0.3) is 0 Å². The highest BCUT2D eigenvalue weighted by atomic mass is 16.5. The Morgan fingerprint density at radius 1 is 1.53 bits per heavy atom. The first-order valence-electron chi connectivity index (χ1n) is 5.93. The van der Waals surface area contributed by atoms with E-state index in [9.17, 15) is 9.59 Å². The lowest BCUT2D eigenvalue weighted by molar-refractivity contribution is -0.137. The number of methoxy groups -OCH3 is 1. The topological polar surface area (TPSA) is 92.9 Å². The van der Waals surface area contributed by atoms with Crippen molar-refractivity contribution in [2.75, 3.05) is 13.7 Å². The number of hydrogen-bond donors (Lipinski definition) is 1. The maximum absolute atomic E-state index is 12.2. The Morgan fingerprint density at radius 3 is 2.74 bits per heavy atom. The van der Waals surface area contributed by atoms with Crippen LogP contribution in [0.1, 0.15) is 36.5 Å². The number of carboxylic acids is 1. The lowest BCUT2D eigenvalue weighted by atomic mass is 10.2. The molecule has 0 aliphatic rings. The highest BCUT2D eigenvalue weighted by molar-refractivity contribution is 5.92. The first-order valence-corrected chi connectivity index (χ1v) is 5.93. The molecule has 7 heteroatoms. The smallest absolute Gasteiger partial charge is 0.305 e. The van der Waals surface area contributed by atoms with E-state index in [1.54, 1.807) is 0 Å². The molecule has 1 aromatic rings. The van der Waals surface area contributed by atoms with Crippen molar-refractivity contribution in [3.8, 4) is 0 Å². The van der Waals surface area contributed by atoms with E-state index in [-0.39, 0.29) is 37.2 Å². The van der Waals surface area contributed by atoms with Crippen LogP contribution < -0.4 is 0 Å². The second-order valence-corrected chi connectivity index (χ2v) is 4.35. The fourth-order valence-electron chi connectivity index (χ4n) is 1.58. The van der Waals surface area contributed by atoms with Gasteiger partial charge in [-0.1, -0.05) is 5.16 Å². The Bertz CT molecular complexity index is 441. The molecule has 19 heavy (non-hydrogen) atoms. The predicted molar refractivity (Wildman–Crippen MR) is 65.6 cm³/mol. The number of carbonyl (C=O) groups is 2. The first-order chi connectivity index (χ1) is 8.95. The minimum Gasteiger partial charge on any atom is -0.481 e. The summed E-state index contributed by atoms with van der Waals surface area (Å²) in [5, 5.41) is 12.4. The van der Waals surface area contributed by atoms with Crippen molar-refractivity contribution in [1.82, 2.24) is 10.1 Å². The molecule has 0 aliphatic heterocycles. The number of aliphatic carboxylic acids is 1. The Kier molecular flexibility index (Phi) is 5.50. The first kappa shape index (κ1) is 15.2. The molecular weight excluding hydrogens is 252 g/mol. The second-order valence-electron chi connectivity index (χ2n) is 4.35. The maximum atomic E-state index is 12.2. The summed E-state index contributed by atoms with van der Waals surface area (Å²) in [5.74, 6) is -0.839. The van der Waals surface area contributed by atoms with E-state index in [2.05, 4.69) is 5.16 Å². The summed E-state index contributed by atoms with van der Waals surface area (Å²) in [6.45, 7) is 4.00. The summed E-state index contributed by atoms with van der Waals surface area (Å²) in [7, 11) is 1.51. The van der Waals surface area contributed by atoms with Crippen LogP contribution >= 0.6 is 0 Å². The molecular formula is C12H18N2O5. The molecule has 7 nitrogen and oxygen atoms in total. The molecule has 0 aromatic carbocycles. The molecule has 0 atom stereocenters. The molecule has 0 aliphatic carbocycles. The fourth-order valence-corrected chi connectivity index (χ4v) is 1.58. The summed E-state index contributed by atoms with van der Waals surface area (Å²) in [6, 6.07) is 1.39. The van der Waals surface area contributed by atoms with Gasteiger partial charge in [0, 0.05) is 25.8 Å². The van der Waals surface area contributed by atoms with Crippen molar-refractivity contribution >= 4 is 11.9 Å². The van der Waals surface area contributed by atoms with Gasteiger partial charge in [0.1, 0.15) is 6.61 Å². The number of nitrogens with zero attached hydrogens (tertiary/aromatic N) is 2. The van der Waals surface area contributed by atoms with Crippen LogP contribution in [-0.4, -0.2) is 46.7 Å². The number of hydrogen-bond acceptors (Lipinski definition) is 5. The zero-order valence-corrected chi connectivity index (χ0v) is 11.3. The number of aromatic nitrogens is 1. The third-order valence-electron chi connectivity index (χ3n) is 2.52. The van der Waals surface area contributed by atoms with Crippen molar-refractivity contribution in [3.63, 3.8) is 0 Å². The zero-order chi connectivity index (χ0) is 14.4. The van der Waals surface area contributed by atoms with Crippen molar-refractivity contribution in [1.29, 1.82) is 0 Å². The molecule has 0 fully saturated rings. The summed E-state index contributed by atoms with van der Waals surface area (Å²) >= 11 is 0. The average molecular weight is 270 g/mol. The molecule has 0 bridgehead atoms. The SMILES string of the molecule is COCc1cc(C(=O)N(CCC(=O)O)C(C)C)no1. The molecule has 106 valence electrons. The second kappa shape index (κ2) is 6.89. The molecule has 0 spiro atoms. The van der Waals surface area contributed by atoms with Gasteiger partial charge in [-0.15, -0.1) is 0 Å².